The summed E-state index contributed by atoms with van der Waals surface area (Å²) in [5.74, 6) is 0.234. The maximum absolute atomic E-state index is 11.6. The maximum atomic E-state index is 11.6. The lowest BCUT2D eigenvalue weighted by atomic mass is 10.0. The molecule has 4 heteroatoms. The van der Waals surface area contributed by atoms with E-state index in [0.29, 0.717) is 6.04 Å². The summed E-state index contributed by atoms with van der Waals surface area (Å²) in [6.45, 7) is 5.38. The highest BCUT2D eigenvalue weighted by Gasteiger charge is 2.33. The Morgan fingerprint density at radius 2 is 2.12 bits per heavy atom. The molecule has 2 rings (SSSR count). The molecular formula is C13H25N3O. The minimum atomic E-state index is 0.234. The summed E-state index contributed by atoms with van der Waals surface area (Å²) in [6, 6.07) is 1.17. The fourth-order valence-corrected chi connectivity index (χ4v) is 2.90. The number of carbonyl (C=O) groups excluding carboxylic acids is 1. The molecular weight excluding hydrogens is 214 g/mol. The van der Waals surface area contributed by atoms with Gasteiger partial charge in [0.25, 0.3) is 0 Å². The number of nitrogens with zero attached hydrogens (tertiary/aromatic N) is 2. The van der Waals surface area contributed by atoms with Gasteiger partial charge in [0.1, 0.15) is 0 Å². The topological polar surface area (TPSA) is 49.6 Å². The van der Waals surface area contributed by atoms with Crippen molar-refractivity contribution in [3.63, 3.8) is 0 Å². The van der Waals surface area contributed by atoms with Crippen molar-refractivity contribution >= 4 is 5.91 Å². The largest absolute Gasteiger partial charge is 0.339 e. The van der Waals surface area contributed by atoms with Gasteiger partial charge in [-0.2, -0.15) is 0 Å². The molecule has 1 atom stereocenters. The summed E-state index contributed by atoms with van der Waals surface area (Å²) in [4.78, 5) is 16.2. The summed E-state index contributed by atoms with van der Waals surface area (Å²) >= 11 is 0. The average molecular weight is 239 g/mol. The van der Waals surface area contributed by atoms with Gasteiger partial charge in [0.2, 0.25) is 5.91 Å². The lowest BCUT2D eigenvalue weighted by Gasteiger charge is -2.38. The SMILES string of the molecule is CC(=O)N1CCCCC1CN(CCN)C1CC1. The molecule has 0 aromatic heterocycles. The number of hydrogen-bond donors (Lipinski definition) is 1. The normalized spacial score (nSPS) is 25.4. The van der Waals surface area contributed by atoms with E-state index in [9.17, 15) is 4.79 Å². The third-order valence-electron chi connectivity index (χ3n) is 3.96. The molecule has 17 heavy (non-hydrogen) atoms. The average Bonchev–Trinajstić information content (AvgIpc) is 3.13. The number of likely N-dealkylation sites (tertiary alicyclic amines) is 1. The molecule has 2 N–H and O–H groups in total. The van der Waals surface area contributed by atoms with Crippen molar-refractivity contribution in [3.05, 3.63) is 0 Å². The van der Waals surface area contributed by atoms with E-state index in [1.807, 2.05) is 0 Å². The van der Waals surface area contributed by atoms with Crippen LogP contribution in [-0.2, 0) is 4.79 Å². The second kappa shape index (κ2) is 5.83. The lowest BCUT2D eigenvalue weighted by Crippen LogP contribution is -2.50. The number of carbonyl (C=O) groups is 1. The first kappa shape index (κ1) is 12.8. The van der Waals surface area contributed by atoms with Gasteiger partial charge in [0.05, 0.1) is 0 Å². The number of amides is 1. The van der Waals surface area contributed by atoms with Crippen LogP contribution in [-0.4, -0.2) is 54.0 Å². The second-order valence-corrected chi connectivity index (χ2v) is 5.38. The van der Waals surface area contributed by atoms with Crippen molar-refractivity contribution in [2.75, 3.05) is 26.2 Å². The van der Waals surface area contributed by atoms with Crippen molar-refractivity contribution in [1.29, 1.82) is 0 Å². The molecule has 4 nitrogen and oxygen atoms in total. The fourth-order valence-electron chi connectivity index (χ4n) is 2.90. The highest BCUT2D eigenvalue weighted by molar-refractivity contribution is 5.73. The van der Waals surface area contributed by atoms with E-state index in [-0.39, 0.29) is 5.91 Å². The monoisotopic (exact) mass is 239 g/mol. The minimum absolute atomic E-state index is 0.234. The summed E-state index contributed by atoms with van der Waals surface area (Å²) < 4.78 is 0. The molecule has 1 heterocycles. The molecule has 0 bridgehead atoms. The van der Waals surface area contributed by atoms with Gasteiger partial charge in [-0.1, -0.05) is 0 Å². The van der Waals surface area contributed by atoms with Gasteiger partial charge in [-0.15, -0.1) is 0 Å². The molecule has 1 saturated heterocycles. The summed E-state index contributed by atoms with van der Waals surface area (Å²) in [7, 11) is 0. The zero-order valence-electron chi connectivity index (χ0n) is 10.9. The van der Waals surface area contributed by atoms with E-state index >= 15 is 0 Å². The van der Waals surface area contributed by atoms with Crippen molar-refractivity contribution in [2.45, 2.75) is 51.1 Å². The lowest BCUT2D eigenvalue weighted by molar-refractivity contribution is -0.132. The molecule has 1 unspecified atom stereocenters. The first-order valence-electron chi connectivity index (χ1n) is 6.93. The third kappa shape index (κ3) is 3.42. The summed E-state index contributed by atoms with van der Waals surface area (Å²) in [5, 5.41) is 0. The number of hydrogen-bond acceptors (Lipinski definition) is 3. The van der Waals surface area contributed by atoms with Crippen LogP contribution in [0.2, 0.25) is 0 Å². The first-order chi connectivity index (χ1) is 8.22. The zero-order chi connectivity index (χ0) is 12.3. The molecule has 1 saturated carbocycles. The highest BCUT2D eigenvalue weighted by Crippen LogP contribution is 2.28. The van der Waals surface area contributed by atoms with Gasteiger partial charge in [-0.25, -0.2) is 0 Å². The predicted octanol–water partition coefficient (Wildman–Crippen LogP) is 0.811. The van der Waals surface area contributed by atoms with E-state index in [0.717, 1.165) is 45.1 Å². The van der Waals surface area contributed by atoms with Crippen molar-refractivity contribution < 1.29 is 4.79 Å². The number of piperidine rings is 1. The molecule has 2 aliphatic rings. The van der Waals surface area contributed by atoms with Crippen LogP contribution < -0.4 is 5.73 Å². The quantitative estimate of drug-likeness (QED) is 0.772. The third-order valence-corrected chi connectivity index (χ3v) is 3.96. The molecule has 0 spiro atoms. The van der Waals surface area contributed by atoms with Crippen LogP contribution in [0.1, 0.15) is 39.0 Å². The Morgan fingerprint density at radius 1 is 1.35 bits per heavy atom. The molecule has 2 fully saturated rings. The summed E-state index contributed by atoms with van der Waals surface area (Å²) in [6.07, 6.45) is 6.21. The van der Waals surface area contributed by atoms with Crippen LogP contribution in [0.5, 0.6) is 0 Å². The van der Waals surface area contributed by atoms with Crippen molar-refractivity contribution in [2.24, 2.45) is 5.73 Å². The molecule has 1 aliphatic carbocycles. The van der Waals surface area contributed by atoms with E-state index in [2.05, 4.69) is 9.80 Å². The van der Waals surface area contributed by atoms with Crippen LogP contribution in [0.15, 0.2) is 0 Å². The Bertz CT molecular complexity index is 265. The smallest absolute Gasteiger partial charge is 0.219 e. The van der Waals surface area contributed by atoms with Gasteiger partial charge in [-0.3, -0.25) is 9.69 Å². The minimum Gasteiger partial charge on any atom is -0.339 e. The van der Waals surface area contributed by atoms with Gasteiger partial charge >= 0.3 is 0 Å². The van der Waals surface area contributed by atoms with Crippen LogP contribution in [0.25, 0.3) is 0 Å². The molecule has 1 aliphatic heterocycles. The van der Waals surface area contributed by atoms with Crippen LogP contribution >= 0.6 is 0 Å². The van der Waals surface area contributed by atoms with E-state index in [1.165, 1.54) is 19.3 Å². The molecule has 98 valence electrons. The predicted molar refractivity (Wildman–Crippen MR) is 68.7 cm³/mol. The molecule has 0 radical (unpaired) electrons. The molecule has 0 aromatic carbocycles. The zero-order valence-corrected chi connectivity index (χ0v) is 10.9. The Labute approximate surface area is 104 Å². The second-order valence-electron chi connectivity index (χ2n) is 5.38. The number of nitrogens with two attached hydrogens (primary N) is 1. The van der Waals surface area contributed by atoms with Crippen LogP contribution in [0.3, 0.4) is 0 Å². The Balaban J connectivity index is 1.91. The number of rotatable bonds is 5. The van der Waals surface area contributed by atoms with Crippen molar-refractivity contribution in [3.8, 4) is 0 Å². The van der Waals surface area contributed by atoms with Gasteiger partial charge in [-0.05, 0) is 32.1 Å². The Kier molecular flexibility index (Phi) is 4.40. The fraction of sp³-hybridized carbons (Fsp3) is 0.923. The summed E-state index contributed by atoms with van der Waals surface area (Å²) in [5.41, 5.74) is 5.67. The van der Waals surface area contributed by atoms with E-state index in [4.69, 9.17) is 5.73 Å². The van der Waals surface area contributed by atoms with Crippen molar-refractivity contribution in [1.82, 2.24) is 9.80 Å². The van der Waals surface area contributed by atoms with Gasteiger partial charge < -0.3 is 10.6 Å². The molecule has 0 aromatic rings. The van der Waals surface area contributed by atoms with Gasteiger partial charge in [0, 0.05) is 45.2 Å². The first-order valence-corrected chi connectivity index (χ1v) is 6.93. The molecule has 1 amide bonds. The van der Waals surface area contributed by atoms with E-state index < -0.39 is 0 Å². The Hall–Kier alpha value is -0.610. The standard InChI is InChI=1S/C13H25N3O/c1-11(17)16-8-3-2-4-13(16)10-15(9-7-14)12-5-6-12/h12-13H,2-10,14H2,1H3. The van der Waals surface area contributed by atoms with Gasteiger partial charge in [0.15, 0.2) is 0 Å². The maximum Gasteiger partial charge on any atom is 0.219 e. The van der Waals surface area contributed by atoms with Crippen LogP contribution in [0.4, 0.5) is 0 Å². The van der Waals surface area contributed by atoms with Crippen LogP contribution in [0, 0.1) is 0 Å². The Morgan fingerprint density at radius 3 is 2.71 bits per heavy atom. The highest BCUT2D eigenvalue weighted by atomic mass is 16.2. The van der Waals surface area contributed by atoms with E-state index in [1.54, 1.807) is 6.92 Å².